The van der Waals surface area contributed by atoms with E-state index >= 15 is 0 Å². The first kappa shape index (κ1) is 12.6. The van der Waals surface area contributed by atoms with E-state index in [1.165, 1.54) is 0 Å². The molecule has 90 valence electrons. The molecule has 0 aliphatic heterocycles. The minimum atomic E-state index is -0.266. The summed E-state index contributed by atoms with van der Waals surface area (Å²) in [7, 11) is 1.80. The molecule has 1 unspecified atom stereocenters. The first-order chi connectivity index (χ1) is 8.13. The normalized spacial score (nSPS) is 12.7. The van der Waals surface area contributed by atoms with Crippen molar-refractivity contribution in [2.45, 2.75) is 6.04 Å². The van der Waals surface area contributed by atoms with E-state index in [0.29, 0.717) is 0 Å². The van der Waals surface area contributed by atoms with E-state index in [0.717, 1.165) is 20.3 Å². The summed E-state index contributed by atoms with van der Waals surface area (Å²) in [5, 5.41) is 7.71. The van der Waals surface area contributed by atoms with Crippen molar-refractivity contribution in [2.24, 2.45) is 12.9 Å². The van der Waals surface area contributed by atoms with Crippen molar-refractivity contribution >= 4 is 31.9 Å². The Balaban J connectivity index is 2.46. The maximum absolute atomic E-state index is 5.58. The predicted molar refractivity (Wildman–Crippen MR) is 69.8 cm³/mol. The van der Waals surface area contributed by atoms with Crippen LogP contribution in [0.2, 0.25) is 0 Å². The minimum absolute atomic E-state index is 0.266. The summed E-state index contributed by atoms with van der Waals surface area (Å²) in [6.07, 6.45) is 3.37. The summed E-state index contributed by atoms with van der Waals surface area (Å²) in [6, 6.07) is 1.65. The Bertz CT molecular complexity index is 526. The fourth-order valence-electron chi connectivity index (χ4n) is 1.50. The van der Waals surface area contributed by atoms with Crippen molar-refractivity contribution in [3.05, 3.63) is 38.8 Å². The van der Waals surface area contributed by atoms with Crippen molar-refractivity contribution < 1.29 is 0 Å². The van der Waals surface area contributed by atoms with Crippen LogP contribution in [-0.4, -0.2) is 20.0 Å². The standard InChI is InChI=1S/C9H10Br2N6/c1-17-7(4-14-16-17)9(15-12)8-6(11)2-5(10)3-13-8/h2-4,9,15H,12H2,1H3. The van der Waals surface area contributed by atoms with Crippen LogP contribution < -0.4 is 11.3 Å². The predicted octanol–water partition coefficient (Wildman–Crippen LogP) is 1.29. The molecule has 0 spiro atoms. The lowest BCUT2D eigenvalue weighted by molar-refractivity contribution is 0.558. The SMILES string of the molecule is Cn1nncc1C(NN)c1ncc(Br)cc1Br. The number of nitrogens with one attached hydrogen (secondary N) is 1. The van der Waals surface area contributed by atoms with Crippen molar-refractivity contribution in [3.63, 3.8) is 0 Å². The third kappa shape index (κ3) is 2.54. The van der Waals surface area contributed by atoms with E-state index in [2.05, 4.69) is 52.6 Å². The molecule has 2 rings (SSSR count). The number of nitrogens with zero attached hydrogens (tertiary/aromatic N) is 4. The fourth-order valence-corrected chi connectivity index (χ4v) is 2.72. The van der Waals surface area contributed by atoms with Crippen LogP contribution in [0.4, 0.5) is 0 Å². The molecule has 17 heavy (non-hydrogen) atoms. The second-order valence-corrected chi connectivity index (χ2v) is 5.17. The van der Waals surface area contributed by atoms with E-state index in [-0.39, 0.29) is 6.04 Å². The van der Waals surface area contributed by atoms with Crippen molar-refractivity contribution in [1.29, 1.82) is 0 Å². The van der Waals surface area contributed by atoms with Crippen molar-refractivity contribution in [3.8, 4) is 0 Å². The number of hydrogen-bond acceptors (Lipinski definition) is 5. The van der Waals surface area contributed by atoms with Gasteiger partial charge in [-0.05, 0) is 37.9 Å². The van der Waals surface area contributed by atoms with E-state index in [9.17, 15) is 0 Å². The van der Waals surface area contributed by atoms with Crippen LogP contribution in [0.5, 0.6) is 0 Å². The Morgan fingerprint density at radius 1 is 1.41 bits per heavy atom. The van der Waals surface area contributed by atoms with Crippen LogP contribution >= 0.6 is 31.9 Å². The average Bonchev–Trinajstić information content (AvgIpc) is 2.69. The molecule has 2 aromatic heterocycles. The highest BCUT2D eigenvalue weighted by molar-refractivity contribution is 9.11. The number of rotatable bonds is 3. The molecule has 6 nitrogen and oxygen atoms in total. The summed E-state index contributed by atoms with van der Waals surface area (Å²) < 4.78 is 3.41. The summed E-state index contributed by atoms with van der Waals surface area (Å²) in [5.74, 6) is 5.58. The molecular weight excluding hydrogens is 352 g/mol. The second kappa shape index (κ2) is 5.21. The highest BCUT2D eigenvalue weighted by Gasteiger charge is 2.20. The van der Waals surface area contributed by atoms with Gasteiger partial charge in [0.25, 0.3) is 0 Å². The maximum Gasteiger partial charge on any atom is 0.108 e. The molecule has 2 heterocycles. The van der Waals surface area contributed by atoms with Gasteiger partial charge in [-0.3, -0.25) is 15.5 Å². The Morgan fingerprint density at radius 3 is 2.71 bits per heavy atom. The summed E-state index contributed by atoms with van der Waals surface area (Å²) in [6.45, 7) is 0. The zero-order valence-electron chi connectivity index (χ0n) is 8.93. The van der Waals surface area contributed by atoms with E-state index < -0.39 is 0 Å². The number of aryl methyl sites for hydroxylation is 1. The number of hydrazine groups is 1. The Morgan fingerprint density at radius 2 is 2.18 bits per heavy atom. The largest absolute Gasteiger partial charge is 0.270 e. The number of aromatic nitrogens is 4. The van der Waals surface area contributed by atoms with Gasteiger partial charge in [-0.2, -0.15) is 0 Å². The van der Waals surface area contributed by atoms with Gasteiger partial charge in [0.05, 0.1) is 17.6 Å². The molecule has 0 bridgehead atoms. The number of hydrogen-bond donors (Lipinski definition) is 2. The third-order valence-electron chi connectivity index (χ3n) is 2.32. The lowest BCUT2D eigenvalue weighted by Gasteiger charge is -2.16. The van der Waals surface area contributed by atoms with Crippen LogP contribution in [0.15, 0.2) is 27.4 Å². The van der Waals surface area contributed by atoms with Crippen molar-refractivity contribution in [2.75, 3.05) is 0 Å². The van der Waals surface area contributed by atoms with Gasteiger partial charge in [0.2, 0.25) is 0 Å². The van der Waals surface area contributed by atoms with Gasteiger partial charge in [0, 0.05) is 22.2 Å². The first-order valence-corrected chi connectivity index (χ1v) is 6.33. The Hall–Kier alpha value is -0.830. The smallest absolute Gasteiger partial charge is 0.108 e. The quantitative estimate of drug-likeness (QED) is 0.635. The van der Waals surface area contributed by atoms with Crippen LogP contribution in [-0.2, 0) is 7.05 Å². The molecule has 2 aromatic rings. The Kier molecular flexibility index (Phi) is 3.87. The molecule has 0 aliphatic carbocycles. The van der Waals surface area contributed by atoms with Gasteiger partial charge in [-0.15, -0.1) is 5.10 Å². The lowest BCUT2D eigenvalue weighted by atomic mass is 10.1. The average molecular weight is 362 g/mol. The van der Waals surface area contributed by atoms with E-state index in [1.54, 1.807) is 24.1 Å². The monoisotopic (exact) mass is 360 g/mol. The molecule has 3 N–H and O–H groups in total. The van der Waals surface area contributed by atoms with Crippen LogP contribution in [0.3, 0.4) is 0 Å². The van der Waals surface area contributed by atoms with Crippen LogP contribution in [0, 0.1) is 0 Å². The maximum atomic E-state index is 5.58. The summed E-state index contributed by atoms with van der Waals surface area (Å²) >= 11 is 6.82. The van der Waals surface area contributed by atoms with Crippen molar-refractivity contribution in [1.82, 2.24) is 25.4 Å². The molecular formula is C9H10Br2N6. The third-order valence-corrected chi connectivity index (χ3v) is 3.39. The highest BCUT2D eigenvalue weighted by atomic mass is 79.9. The molecule has 0 fully saturated rings. The zero-order chi connectivity index (χ0) is 12.4. The number of halogens is 2. The molecule has 0 aromatic carbocycles. The fraction of sp³-hybridized carbons (Fsp3) is 0.222. The first-order valence-electron chi connectivity index (χ1n) is 4.75. The number of pyridine rings is 1. The van der Waals surface area contributed by atoms with Crippen LogP contribution in [0.1, 0.15) is 17.4 Å². The summed E-state index contributed by atoms with van der Waals surface area (Å²) in [5.41, 5.74) is 4.33. The van der Waals surface area contributed by atoms with Gasteiger partial charge in [0.1, 0.15) is 6.04 Å². The van der Waals surface area contributed by atoms with Gasteiger partial charge in [-0.25, -0.2) is 5.43 Å². The van der Waals surface area contributed by atoms with Gasteiger partial charge in [0.15, 0.2) is 0 Å². The molecule has 1 atom stereocenters. The van der Waals surface area contributed by atoms with Crippen LogP contribution in [0.25, 0.3) is 0 Å². The molecule has 0 radical (unpaired) electrons. The van der Waals surface area contributed by atoms with Gasteiger partial charge < -0.3 is 0 Å². The van der Waals surface area contributed by atoms with E-state index in [1.807, 2.05) is 6.07 Å². The molecule has 0 saturated heterocycles. The topological polar surface area (TPSA) is 81.7 Å². The minimum Gasteiger partial charge on any atom is -0.270 e. The molecule has 0 aliphatic rings. The summed E-state index contributed by atoms with van der Waals surface area (Å²) in [4.78, 5) is 4.34. The Labute approximate surface area is 115 Å². The zero-order valence-corrected chi connectivity index (χ0v) is 12.1. The number of nitrogens with two attached hydrogens (primary N) is 1. The lowest BCUT2D eigenvalue weighted by Crippen LogP contribution is -2.31. The molecule has 8 heteroatoms. The highest BCUT2D eigenvalue weighted by Crippen LogP contribution is 2.27. The molecule has 0 saturated carbocycles. The second-order valence-electron chi connectivity index (χ2n) is 3.40. The van der Waals surface area contributed by atoms with Gasteiger partial charge >= 0.3 is 0 Å². The van der Waals surface area contributed by atoms with Gasteiger partial charge in [-0.1, -0.05) is 5.21 Å². The van der Waals surface area contributed by atoms with E-state index in [4.69, 9.17) is 5.84 Å². The molecule has 0 amide bonds.